The lowest BCUT2D eigenvalue weighted by molar-refractivity contribution is 0.0688. The van der Waals surface area contributed by atoms with Gasteiger partial charge in [-0.1, -0.05) is 6.07 Å². The summed E-state index contributed by atoms with van der Waals surface area (Å²) < 4.78 is 55.1. The van der Waals surface area contributed by atoms with Gasteiger partial charge in [0.15, 0.2) is 11.3 Å². The Hall–Kier alpha value is -2.15. The molecule has 0 aromatic carbocycles. The highest BCUT2D eigenvalue weighted by Crippen LogP contribution is 2.32. The lowest BCUT2D eigenvalue weighted by Crippen LogP contribution is -2.50. The molecule has 0 bridgehead atoms. The molecule has 160 valence electrons. The molecule has 0 unspecified atom stereocenters. The Labute approximate surface area is 179 Å². The van der Waals surface area contributed by atoms with Crippen LogP contribution in [-0.4, -0.2) is 64.3 Å². The first-order chi connectivity index (χ1) is 14.1. The topological polar surface area (TPSA) is 87.9 Å². The zero-order chi connectivity index (χ0) is 21.7. The summed E-state index contributed by atoms with van der Waals surface area (Å²) in [5.41, 5.74) is -0.265. The third kappa shape index (κ3) is 3.80. The number of piperazine rings is 1. The van der Waals surface area contributed by atoms with E-state index in [0.717, 1.165) is 21.9 Å². The Morgan fingerprint density at radius 1 is 1.23 bits per heavy atom. The first kappa shape index (κ1) is 21.1. The number of hydrogen-bond acceptors (Lipinski definition) is 6. The standard InChI is InChI=1S/C17H16ClF2N5O3S2/c1-11-9-13(17(18,19)20)25-14(21-11)10-12(22-25)16(26)23-4-6-24(7-5-23)30(27,28)15-3-2-8-29-15/h2-3,8-10H,4-7H2,1H3. The van der Waals surface area contributed by atoms with Gasteiger partial charge in [0.1, 0.15) is 9.90 Å². The maximum absolute atomic E-state index is 13.7. The quantitative estimate of drug-likeness (QED) is 0.541. The molecule has 13 heteroatoms. The number of hydrogen-bond donors (Lipinski definition) is 0. The van der Waals surface area contributed by atoms with Crippen LogP contribution in [0.15, 0.2) is 33.9 Å². The van der Waals surface area contributed by atoms with E-state index < -0.39 is 27.0 Å². The van der Waals surface area contributed by atoms with Crippen LogP contribution in [0.2, 0.25) is 0 Å². The average molecular weight is 476 g/mol. The van der Waals surface area contributed by atoms with E-state index in [9.17, 15) is 22.0 Å². The molecule has 0 saturated carbocycles. The van der Waals surface area contributed by atoms with Crippen molar-refractivity contribution in [3.05, 3.63) is 46.7 Å². The van der Waals surface area contributed by atoms with Crippen molar-refractivity contribution in [2.45, 2.75) is 16.5 Å². The van der Waals surface area contributed by atoms with Crippen LogP contribution < -0.4 is 0 Å². The molecule has 1 fully saturated rings. The highest BCUT2D eigenvalue weighted by Gasteiger charge is 2.34. The molecule has 4 heterocycles. The molecule has 0 spiro atoms. The van der Waals surface area contributed by atoms with Crippen molar-refractivity contribution in [1.82, 2.24) is 23.8 Å². The maximum atomic E-state index is 13.7. The Bertz CT molecular complexity index is 1200. The highest BCUT2D eigenvalue weighted by molar-refractivity contribution is 7.91. The van der Waals surface area contributed by atoms with Crippen LogP contribution in [-0.2, 0) is 15.4 Å². The normalized spacial score (nSPS) is 16.3. The maximum Gasteiger partial charge on any atom is 0.364 e. The second kappa shape index (κ2) is 7.52. The van der Waals surface area contributed by atoms with Gasteiger partial charge in [0.25, 0.3) is 15.9 Å². The molecule has 4 rings (SSSR count). The van der Waals surface area contributed by atoms with E-state index in [1.807, 2.05) is 0 Å². The van der Waals surface area contributed by atoms with E-state index in [1.54, 1.807) is 11.4 Å². The second-order valence-electron chi connectivity index (χ2n) is 6.71. The molecule has 1 aliphatic rings. The van der Waals surface area contributed by atoms with Gasteiger partial charge < -0.3 is 4.90 Å². The number of carbonyl (C=O) groups is 1. The molecule has 3 aromatic heterocycles. The van der Waals surface area contributed by atoms with E-state index in [0.29, 0.717) is 5.69 Å². The molecule has 0 atom stereocenters. The summed E-state index contributed by atoms with van der Waals surface area (Å²) in [5.74, 6) is -0.491. The van der Waals surface area contributed by atoms with Crippen LogP contribution >= 0.6 is 22.9 Å². The highest BCUT2D eigenvalue weighted by atomic mass is 35.5. The Morgan fingerprint density at radius 3 is 2.53 bits per heavy atom. The third-order valence-corrected chi connectivity index (χ3v) is 8.15. The SMILES string of the molecule is Cc1cc(C(F)(F)Cl)n2nc(C(=O)N3CCN(S(=O)(=O)c4cccs4)CC3)cc2n1. The summed E-state index contributed by atoms with van der Waals surface area (Å²) >= 11 is 6.30. The van der Waals surface area contributed by atoms with E-state index in [4.69, 9.17) is 11.6 Å². The van der Waals surface area contributed by atoms with Gasteiger partial charge in [-0.25, -0.2) is 17.9 Å². The van der Waals surface area contributed by atoms with Gasteiger partial charge in [-0.2, -0.15) is 18.2 Å². The number of aryl methyl sites for hydroxylation is 1. The number of halogens is 3. The third-order valence-electron chi connectivity index (χ3n) is 4.68. The molecular formula is C17H16ClF2N5O3S2. The first-order valence-corrected chi connectivity index (χ1v) is 11.5. The van der Waals surface area contributed by atoms with E-state index in [1.165, 1.54) is 28.3 Å². The minimum absolute atomic E-state index is 0.0650. The van der Waals surface area contributed by atoms with Crippen LogP contribution in [0.4, 0.5) is 8.78 Å². The summed E-state index contributed by atoms with van der Waals surface area (Å²) in [5, 5.41) is 1.98. The molecule has 1 amide bonds. The van der Waals surface area contributed by atoms with Crippen LogP contribution in [0.1, 0.15) is 21.9 Å². The minimum Gasteiger partial charge on any atom is -0.335 e. The molecule has 0 radical (unpaired) electrons. The molecule has 30 heavy (non-hydrogen) atoms. The molecule has 3 aromatic rings. The van der Waals surface area contributed by atoms with Crippen molar-refractivity contribution < 1.29 is 22.0 Å². The lowest BCUT2D eigenvalue weighted by atomic mass is 10.3. The van der Waals surface area contributed by atoms with Crippen molar-refractivity contribution in [2.75, 3.05) is 26.2 Å². The van der Waals surface area contributed by atoms with Gasteiger partial charge in [0.2, 0.25) is 0 Å². The Kier molecular flexibility index (Phi) is 5.29. The van der Waals surface area contributed by atoms with Crippen LogP contribution in [0.5, 0.6) is 0 Å². The number of sulfonamides is 1. The van der Waals surface area contributed by atoms with Crippen molar-refractivity contribution in [1.29, 1.82) is 0 Å². The molecule has 1 aliphatic heterocycles. The van der Waals surface area contributed by atoms with Crippen LogP contribution in [0.25, 0.3) is 5.65 Å². The van der Waals surface area contributed by atoms with Crippen LogP contribution in [0.3, 0.4) is 0 Å². The first-order valence-electron chi connectivity index (χ1n) is 8.85. The van der Waals surface area contributed by atoms with Gasteiger partial charge in [-0.05, 0) is 36.0 Å². The van der Waals surface area contributed by atoms with E-state index in [-0.39, 0.29) is 41.7 Å². The fraction of sp³-hybridized carbons (Fsp3) is 0.353. The second-order valence-corrected chi connectivity index (χ2v) is 10.3. The fourth-order valence-corrected chi connectivity index (χ4v) is 5.94. The van der Waals surface area contributed by atoms with Gasteiger partial charge >= 0.3 is 5.38 Å². The number of fused-ring (bicyclic) bond motifs is 1. The van der Waals surface area contributed by atoms with Gasteiger partial charge in [0, 0.05) is 37.9 Å². The largest absolute Gasteiger partial charge is 0.364 e. The number of rotatable bonds is 4. The lowest BCUT2D eigenvalue weighted by Gasteiger charge is -2.33. The van der Waals surface area contributed by atoms with Crippen molar-refractivity contribution in [3.8, 4) is 0 Å². The zero-order valence-electron chi connectivity index (χ0n) is 15.6. The van der Waals surface area contributed by atoms with Crippen molar-refractivity contribution in [2.24, 2.45) is 0 Å². The summed E-state index contributed by atoms with van der Waals surface area (Å²) in [7, 11) is -3.59. The monoisotopic (exact) mass is 475 g/mol. The van der Waals surface area contributed by atoms with Crippen LogP contribution in [0, 0.1) is 6.92 Å². The number of aromatic nitrogens is 3. The Balaban J connectivity index is 1.54. The molecule has 8 nitrogen and oxygen atoms in total. The Morgan fingerprint density at radius 2 is 1.93 bits per heavy atom. The van der Waals surface area contributed by atoms with Gasteiger partial charge in [0.05, 0.1) is 0 Å². The summed E-state index contributed by atoms with van der Waals surface area (Å²) in [6.07, 6.45) is 0. The molecule has 0 N–H and O–H groups in total. The summed E-state index contributed by atoms with van der Waals surface area (Å²) in [6, 6.07) is 5.62. The molecular weight excluding hydrogens is 460 g/mol. The van der Waals surface area contributed by atoms with E-state index >= 15 is 0 Å². The van der Waals surface area contributed by atoms with Crippen molar-refractivity contribution >= 4 is 44.5 Å². The summed E-state index contributed by atoms with van der Waals surface area (Å²) in [6.45, 7) is 2.10. The minimum atomic E-state index is -3.68. The predicted molar refractivity (Wildman–Crippen MR) is 106 cm³/mol. The number of alkyl halides is 3. The smallest absolute Gasteiger partial charge is 0.335 e. The van der Waals surface area contributed by atoms with E-state index in [2.05, 4.69) is 10.1 Å². The fourth-order valence-electron chi connectivity index (χ4n) is 3.24. The molecule has 0 aliphatic carbocycles. The predicted octanol–water partition coefficient (Wildman–Crippen LogP) is 2.53. The zero-order valence-corrected chi connectivity index (χ0v) is 18.0. The molecule has 1 saturated heterocycles. The van der Waals surface area contributed by atoms with Gasteiger partial charge in [-0.3, -0.25) is 4.79 Å². The number of carbonyl (C=O) groups excluding carboxylic acids is 1. The number of amides is 1. The average Bonchev–Trinajstić information content (AvgIpc) is 3.36. The van der Waals surface area contributed by atoms with Gasteiger partial charge in [-0.15, -0.1) is 11.3 Å². The number of nitrogens with zero attached hydrogens (tertiary/aromatic N) is 5. The van der Waals surface area contributed by atoms with Crippen molar-refractivity contribution in [3.63, 3.8) is 0 Å². The summed E-state index contributed by atoms with van der Waals surface area (Å²) in [4.78, 5) is 18.4. The number of thiophene rings is 1.